The van der Waals surface area contributed by atoms with Gasteiger partial charge in [-0.25, -0.2) is 8.78 Å². The molecule has 1 saturated heterocycles. The maximum Gasteiger partial charge on any atom is 0.263 e. The molecule has 1 aromatic carbocycles. The van der Waals surface area contributed by atoms with Crippen molar-refractivity contribution in [3.8, 4) is 0 Å². The molecule has 0 aliphatic carbocycles. The van der Waals surface area contributed by atoms with E-state index in [-0.39, 0.29) is 5.56 Å². The topological polar surface area (TPSA) is 12.0 Å². The van der Waals surface area contributed by atoms with Gasteiger partial charge >= 0.3 is 0 Å². The molecule has 1 aliphatic rings. The molecule has 2 rings (SSSR count). The largest absolute Gasteiger partial charge is 0.314 e. The van der Waals surface area contributed by atoms with Gasteiger partial charge < -0.3 is 5.32 Å². The van der Waals surface area contributed by atoms with Crippen molar-refractivity contribution in [1.82, 2.24) is 5.32 Å². The van der Waals surface area contributed by atoms with Crippen molar-refractivity contribution in [2.75, 3.05) is 6.54 Å². The van der Waals surface area contributed by atoms with Crippen LogP contribution in [0.2, 0.25) is 5.02 Å². The summed E-state index contributed by atoms with van der Waals surface area (Å²) < 4.78 is 24.9. The molecule has 0 radical (unpaired) electrons. The molecule has 1 unspecified atom stereocenters. The van der Waals surface area contributed by atoms with Crippen LogP contribution in [0.3, 0.4) is 0 Å². The number of alkyl halides is 2. The van der Waals surface area contributed by atoms with Gasteiger partial charge in [0, 0.05) is 16.6 Å². The van der Waals surface area contributed by atoms with Crippen LogP contribution in [0, 0.1) is 0 Å². The van der Waals surface area contributed by atoms with E-state index in [4.69, 9.17) is 11.6 Å². The van der Waals surface area contributed by atoms with Crippen LogP contribution in [0.1, 0.15) is 36.8 Å². The zero-order chi connectivity index (χ0) is 12.3. The van der Waals surface area contributed by atoms with Crippen LogP contribution in [0.5, 0.6) is 0 Å². The normalized spacial score (nSPS) is 20.8. The second-order valence-electron chi connectivity index (χ2n) is 4.50. The number of halogens is 3. The van der Waals surface area contributed by atoms with Crippen molar-refractivity contribution < 1.29 is 8.78 Å². The van der Waals surface area contributed by atoms with E-state index in [1.54, 1.807) is 6.07 Å². The van der Waals surface area contributed by atoms with E-state index in [1.807, 2.05) is 0 Å². The summed E-state index contributed by atoms with van der Waals surface area (Å²) in [7, 11) is 0. The Bertz CT molecular complexity index is 376. The molecule has 94 valence electrons. The van der Waals surface area contributed by atoms with Crippen LogP contribution in [-0.2, 0) is 6.42 Å². The van der Waals surface area contributed by atoms with Gasteiger partial charge in [0.2, 0.25) is 0 Å². The van der Waals surface area contributed by atoms with Crippen LogP contribution in [0.4, 0.5) is 8.78 Å². The van der Waals surface area contributed by atoms with E-state index in [0.717, 1.165) is 24.9 Å². The lowest BCUT2D eigenvalue weighted by Crippen LogP contribution is -2.35. The Hall–Kier alpha value is -0.670. The summed E-state index contributed by atoms with van der Waals surface area (Å²) in [4.78, 5) is 0. The molecule has 1 aromatic rings. The van der Waals surface area contributed by atoms with Gasteiger partial charge in [-0.2, -0.15) is 0 Å². The fourth-order valence-electron chi connectivity index (χ4n) is 2.23. The standard InChI is InChI=1S/C13H16ClF2N/c14-12-8-10(13(15)16)5-4-9(12)7-11-3-1-2-6-17-11/h4-5,8,11,13,17H,1-3,6-7H2. The molecule has 1 nitrogen and oxygen atoms in total. The number of hydrogen-bond donors (Lipinski definition) is 1. The average molecular weight is 260 g/mol. The number of rotatable bonds is 3. The predicted octanol–water partition coefficient (Wildman–Crippen LogP) is 3.96. The van der Waals surface area contributed by atoms with Crippen molar-refractivity contribution >= 4 is 11.6 Å². The Morgan fingerprint density at radius 2 is 2.18 bits per heavy atom. The minimum Gasteiger partial charge on any atom is -0.314 e. The quantitative estimate of drug-likeness (QED) is 0.866. The second-order valence-corrected chi connectivity index (χ2v) is 4.91. The van der Waals surface area contributed by atoms with Gasteiger partial charge in [-0.15, -0.1) is 0 Å². The first-order chi connectivity index (χ1) is 8.16. The third kappa shape index (κ3) is 3.39. The first-order valence-corrected chi connectivity index (χ1v) is 6.34. The van der Waals surface area contributed by atoms with E-state index >= 15 is 0 Å². The van der Waals surface area contributed by atoms with E-state index in [1.165, 1.54) is 25.0 Å². The first-order valence-electron chi connectivity index (χ1n) is 5.96. The SMILES string of the molecule is FC(F)c1ccc(CC2CCCCN2)c(Cl)c1. The molecule has 1 N–H and O–H groups in total. The molecule has 0 aromatic heterocycles. The Balaban J connectivity index is 2.05. The molecule has 0 spiro atoms. The smallest absolute Gasteiger partial charge is 0.263 e. The molecule has 0 saturated carbocycles. The van der Waals surface area contributed by atoms with Gasteiger partial charge in [-0.3, -0.25) is 0 Å². The van der Waals surface area contributed by atoms with Gasteiger partial charge in [0.05, 0.1) is 0 Å². The zero-order valence-corrected chi connectivity index (χ0v) is 10.3. The van der Waals surface area contributed by atoms with Crippen molar-refractivity contribution in [2.24, 2.45) is 0 Å². The zero-order valence-electron chi connectivity index (χ0n) is 9.56. The van der Waals surface area contributed by atoms with Crippen LogP contribution in [0.15, 0.2) is 18.2 Å². The molecular weight excluding hydrogens is 244 g/mol. The third-order valence-electron chi connectivity index (χ3n) is 3.21. The molecule has 1 aliphatic heterocycles. The van der Waals surface area contributed by atoms with Crippen molar-refractivity contribution in [1.29, 1.82) is 0 Å². The highest BCUT2D eigenvalue weighted by molar-refractivity contribution is 6.31. The summed E-state index contributed by atoms with van der Waals surface area (Å²) in [6.07, 6.45) is 1.95. The fraction of sp³-hybridized carbons (Fsp3) is 0.538. The Labute approximate surface area is 105 Å². The lowest BCUT2D eigenvalue weighted by atomic mass is 9.97. The highest BCUT2D eigenvalue weighted by atomic mass is 35.5. The number of nitrogens with one attached hydrogen (secondary N) is 1. The maximum absolute atomic E-state index is 12.5. The summed E-state index contributed by atoms with van der Waals surface area (Å²) in [6.45, 7) is 1.04. The molecule has 17 heavy (non-hydrogen) atoms. The lowest BCUT2D eigenvalue weighted by Gasteiger charge is -2.23. The summed E-state index contributed by atoms with van der Waals surface area (Å²) in [5.41, 5.74) is 0.950. The van der Waals surface area contributed by atoms with Gasteiger partial charge in [-0.1, -0.05) is 30.2 Å². The third-order valence-corrected chi connectivity index (χ3v) is 3.56. The summed E-state index contributed by atoms with van der Waals surface area (Å²) >= 11 is 6.03. The second kappa shape index (κ2) is 5.78. The van der Waals surface area contributed by atoms with Crippen LogP contribution in [-0.4, -0.2) is 12.6 Å². The number of piperidine rings is 1. The van der Waals surface area contributed by atoms with Crippen LogP contribution >= 0.6 is 11.6 Å². The molecule has 4 heteroatoms. The Morgan fingerprint density at radius 1 is 1.35 bits per heavy atom. The van der Waals surface area contributed by atoms with Crippen molar-refractivity contribution in [3.05, 3.63) is 34.3 Å². The molecule has 1 heterocycles. The van der Waals surface area contributed by atoms with Gasteiger partial charge in [0.1, 0.15) is 0 Å². The molecular formula is C13H16ClF2N. The van der Waals surface area contributed by atoms with Crippen LogP contribution < -0.4 is 5.32 Å². The maximum atomic E-state index is 12.5. The summed E-state index contributed by atoms with van der Waals surface area (Å²) in [5, 5.41) is 3.88. The van der Waals surface area contributed by atoms with Crippen LogP contribution in [0.25, 0.3) is 0 Å². The van der Waals surface area contributed by atoms with E-state index < -0.39 is 6.43 Å². The monoisotopic (exact) mass is 259 g/mol. The summed E-state index contributed by atoms with van der Waals surface area (Å²) in [6, 6.07) is 5.00. The van der Waals surface area contributed by atoms with Crippen molar-refractivity contribution in [2.45, 2.75) is 38.2 Å². The van der Waals surface area contributed by atoms with E-state index in [2.05, 4.69) is 5.32 Å². The van der Waals surface area contributed by atoms with Crippen molar-refractivity contribution in [3.63, 3.8) is 0 Å². The summed E-state index contributed by atoms with van der Waals surface area (Å²) in [5.74, 6) is 0. The Morgan fingerprint density at radius 3 is 2.76 bits per heavy atom. The minimum absolute atomic E-state index is 0.00430. The molecule has 1 fully saturated rings. The number of benzene rings is 1. The fourth-order valence-corrected chi connectivity index (χ4v) is 2.49. The van der Waals surface area contributed by atoms with Gasteiger partial charge in [0.25, 0.3) is 6.43 Å². The predicted molar refractivity (Wildman–Crippen MR) is 65.8 cm³/mol. The molecule has 1 atom stereocenters. The van der Waals surface area contributed by atoms with Gasteiger partial charge in [-0.05, 0) is 37.4 Å². The van der Waals surface area contributed by atoms with Gasteiger partial charge in [0.15, 0.2) is 0 Å². The molecule has 0 bridgehead atoms. The lowest BCUT2D eigenvalue weighted by molar-refractivity contribution is 0.151. The molecule has 0 amide bonds. The Kier molecular flexibility index (Phi) is 4.35. The van der Waals surface area contributed by atoms with E-state index in [0.29, 0.717) is 11.1 Å². The number of hydrogen-bond acceptors (Lipinski definition) is 1. The highest BCUT2D eigenvalue weighted by Gasteiger charge is 2.15. The average Bonchev–Trinajstić information content (AvgIpc) is 2.33. The first kappa shape index (κ1) is 12.8. The highest BCUT2D eigenvalue weighted by Crippen LogP contribution is 2.26. The van der Waals surface area contributed by atoms with E-state index in [9.17, 15) is 8.78 Å². The minimum atomic E-state index is -2.45.